The summed E-state index contributed by atoms with van der Waals surface area (Å²) in [6.07, 6.45) is 0.379. The van der Waals surface area contributed by atoms with E-state index in [1.165, 1.54) is 12.1 Å². The summed E-state index contributed by atoms with van der Waals surface area (Å²) in [6, 6.07) is 3.93. The van der Waals surface area contributed by atoms with E-state index >= 15 is 0 Å². The van der Waals surface area contributed by atoms with Crippen LogP contribution in [0.1, 0.15) is 22.3 Å². The van der Waals surface area contributed by atoms with Crippen LogP contribution in [-0.2, 0) is 0 Å². The predicted molar refractivity (Wildman–Crippen MR) is 60.6 cm³/mol. The molecule has 0 spiro atoms. The van der Waals surface area contributed by atoms with Gasteiger partial charge in [0.25, 0.3) is 0 Å². The molecule has 1 aromatic carbocycles. The second kappa shape index (κ2) is 6.05. The largest absolute Gasteiger partial charge is 0.507 e. The fourth-order valence-electron chi connectivity index (χ4n) is 1.08. The SMILES string of the molecule is [N-]=[N+]=NCCC#Cc1ccc(C(=O)O)cc1O. The number of benzene rings is 1. The molecule has 0 unspecified atom stereocenters. The second-order valence-corrected chi connectivity index (χ2v) is 3.04. The first-order valence-electron chi connectivity index (χ1n) is 4.71. The van der Waals surface area contributed by atoms with Gasteiger partial charge in [-0.25, -0.2) is 4.79 Å². The third-order valence-corrected chi connectivity index (χ3v) is 1.87. The number of aromatic carboxylic acids is 1. The summed E-state index contributed by atoms with van der Waals surface area (Å²) in [4.78, 5) is 13.2. The maximum absolute atomic E-state index is 10.6. The van der Waals surface area contributed by atoms with Gasteiger partial charge in [-0.3, -0.25) is 0 Å². The number of hydrogen-bond donors (Lipinski definition) is 2. The van der Waals surface area contributed by atoms with Gasteiger partial charge in [-0.1, -0.05) is 17.0 Å². The zero-order valence-electron chi connectivity index (χ0n) is 8.79. The number of nitrogens with zero attached hydrogens (tertiary/aromatic N) is 3. The second-order valence-electron chi connectivity index (χ2n) is 3.04. The molecule has 0 aromatic heterocycles. The zero-order chi connectivity index (χ0) is 12.7. The Balaban J connectivity index is 2.78. The molecular weight excluding hydrogens is 222 g/mol. The van der Waals surface area contributed by atoms with Crippen LogP contribution in [0.5, 0.6) is 5.75 Å². The van der Waals surface area contributed by atoms with Gasteiger partial charge in [0.2, 0.25) is 0 Å². The number of carboxylic acid groups (broad SMARTS) is 1. The molecule has 86 valence electrons. The fourth-order valence-corrected chi connectivity index (χ4v) is 1.08. The lowest BCUT2D eigenvalue weighted by Crippen LogP contribution is -1.95. The van der Waals surface area contributed by atoms with Crippen LogP contribution in [0.4, 0.5) is 0 Å². The van der Waals surface area contributed by atoms with E-state index in [1.54, 1.807) is 0 Å². The van der Waals surface area contributed by atoms with Crippen molar-refractivity contribution >= 4 is 5.97 Å². The maximum Gasteiger partial charge on any atom is 0.335 e. The molecule has 0 saturated carbocycles. The molecule has 0 aliphatic carbocycles. The van der Waals surface area contributed by atoms with Gasteiger partial charge in [-0.2, -0.15) is 0 Å². The van der Waals surface area contributed by atoms with Crippen LogP contribution >= 0.6 is 0 Å². The number of phenolic OH excluding ortho intramolecular Hbond substituents is 1. The fraction of sp³-hybridized carbons (Fsp3) is 0.182. The van der Waals surface area contributed by atoms with E-state index in [1.807, 2.05) is 0 Å². The molecule has 0 fully saturated rings. The van der Waals surface area contributed by atoms with Crippen LogP contribution in [0.2, 0.25) is 0 Å². The number of aromatic hydroxyl groups is 1. The van der Waals surface area contributed by atoms with E-state index in [9.17, 15) is 9.90 Å². The summed E-state index contributed by atoms with van der Waals surface area (Å²) in [5.41, 5.74) is 8.37. The van der Waals surface area contributed by atoms with Crippen LogP contribution in [0, 0.1) is 11.8 Å². The molecule has 0 aliphatic rings. The minimum Gasteiger partial charge on any atom is -0.507 e. The summed E-state index contributed by atoms with van der Waals surface area (Å²) in [6.45, 7) is 0.261. The summed E-state index contributed by atoms with van der Waals surface area (Å²) < 4.78 is 0. The Bertz CT molecular complexity index is 537. The molecule has 2 N–H and O–H groups in total. The molecule has 0 bridgehead atoms. The van der Waals surface area contributed by atoms with Gasteiger partial charge >= 0.3 is 5.97 Å². The zero-order valence-corrected chi connectivity index (χ0v) is 8.79. The number of carbonyl (C=O) groups is 1. The molecule has 17 heavy (non-hydrogen) atoms. The van der Waals surface area contributed by atoms with Crippen molar-refractivity contribution in [3.63, 3.8) is 0 Å². The minimum atomic E-state index is -1.11. The van der Waals surface area contributed by atoms with Crippen molar-refractivity contribution in [2.75, 3.05) is 6.54 Å². The van der Waals surface area contributed by atoms with Crippen molar-refractivity contribution in [1.29, 1.82) is 0 Å². The topological polar surface area (TPSA) is 106 Å². The Morgan fingerprint density at radius 2 is 2.29 bits per heavy atom. The van der Waals surface area contributed by atoms with Crippen LogP contribution < -0.4 is 0 Å². The minimum absolute atomic E-state index is 0.00197. The first-order chi connectivity index (χ1) is 8.15. The molecule has 1 aromatic rings. The van der Waals surface area contributed by atoms with Crippen molar-refractivity contribution in [2.45, 2.75) is 6.42 Å². The average molecular weight is 231 g/mol. The van der Waals surface area contributed by atoms with Crippen LogP contribution in [0.15, 0.2) is 23.3 Å². The molecule has 0 saturated heterocycles. The van der Waals surface area contributed by atoms with Crippen molar-refractivity contribution in [3.8, 4) is 17.6 Å². The van der Waals surface area contributed by atoms with Crippen molar-refractivity contribution in [1.82, 2.24) is 0 Å². The van der Waals surface area contributed by atoms with Crippen molar-refractivity contribution in [2.24, 2.45) is 5.11 Å². The third-order valence-electron chi connectivity index (χ3n) is 1.87. The van der Waals surface area contributed by atoms with Gasteiger partial charge in [0.05, 0.1) is 11.1 Å². The van der Waals surface area contributed by atoms with Gasteiger partial charge in [-0.05, 0) is 23.7 Å². The monoisotopic (exact) mass is 231 g/mol. The van der Waals surface area contributed by atoms with E-state index in [0.717, 1.165) is 6.07 Å². The molecule has 0 aliphatic heterocycles. The first kappa shape index (κ1) is 12.4. The Morgan fingerprint density at radius 1 is 1.53 bits per heavy atom. The van der Waals surface area contributed by atoms with Gasteiger partial charge in [0, 0.05) is 17.9 Å². The lowest BCUT2D eigenvalue weighted by atomic mass is 10.1. The number of phenols is 1. The third kappa shape index (κ3) is 3.78. The first-order valence-corrected chi connectivity index (χ1v) is 4.71. The molecule has 0 heterocycles. The van der Waals surface area contributed by atoms with Gasteiger partial charge in [-0.15, -0.1) is 0 Å². The quantitative estimate of drug-likeness (QED) is 0.273. The standard InChI is InChI=1S/C11H9N3O3/c12-14-13-6-2-1-3-8-4-5-9(11(16)17)7-10(8)15/h4-5,7,15H,2,6H2,(H,16,17). The number of carboxylic acids is 1. The molecule has 0 amide bonds. The van der Waals surface area contributed by atoms with Gasteiger partial charge in [0.1, 0.15) is 5.75 Å². The van der Waals surface area contributed by atoms with E-state index in [0.29, 0.717) is 12.0 Å². The lowest BCUT2D eigenvalue weighted by molar-refractivity contribution is 0.0696. The van der Waals surface area contributed by atoms with E-state index < -0.39 is 5.97 Å². The smallest absolute Gasteiger partial charge is 0.335 e. The maximum atomic E-state index is 10.6. The van der Waals surface area contributed by atoms with Gasteiger partial charge < -0.3 is 10.2 Å². The molecule has 6 nitrogen and oxygen atoms in total. The van der Waals surface area contributed by atoms with Crippen molar-refractivity contribution < 1.29 is 15.0 Å². The highest BCUT2D eigenvalue weighted by Gasteiger charge is 2.05. The van der Waals surface area contributed by atoms with Crippen molar-refractivity contribution in [3.05, 3.63) is 39.8 Å². The Kier molecular flexibility index (Phi) is 4.43. The summed E-state index contributed by atoms with van der Waals surface area (Å²) >= 11 is 0. The molecular formula is C11H9N3O3. The summed E-state index contributed by atoms with van der Waals surface area (Å²) in [5.74, 6) is 4.08. The Hall–Kier alpha value is -2.64. The lowest BCUT2D eigenvalue weighted by Gasteiger charge is -1.98. The molecule has 1 rings (SSSR count). The van der Waals surface area contributed by atoms with Crippen LogP contribution in [-0.4, -0.2) is 22.7 Å². The van der Waals surface area contributed by atoms with E-state index in [2.05, 4.69) is 21.9 Å². The molecule has 0 atom stereocenters. The normalized spacial score (nSPS) is 8.71. The van der Waals surface area contributed by atoms with Gasteiger partial charge in [0.15, 0.2) is 0 Å². The van der Waals surface area contributed by atoms with E-state index in [4.69, 9.17) is 10.6 Å². The molecule has 6 heteroatoms. The number of hydrogen-bond acceptors (Lipinski definition) is 3. The summed E-state index contributed by atoms with van der Waals surface area (Å²) in [5, 5.41) is 21.5. The Labute approximate surface area is 97.1 Å². The highest BCUT2D eigenvalue weighted by atomic mass is 16.4. The predicted octanol–water partition coefficient (Wildman–Crippen LogP) is 2.14. The summed E-state index contributed by atoms with van der Waals surface area (Å²) in [7, 11) is 0. The number of rotatable bonds is 3. The van der Waals surface area contributed by atoms with Crippen LogP contribution in [0.3, 0.4) is 0 Å². The van der Waals surface area contributed by atoms with Crippen LogP contribution in [0.25, 0.3) is 10.4 Å². The van der Waals surface area contributed by atoms with E-state index in [-0.39, 0.29) is 17.9 Å². The highest BCUT2D eigenvalue weighted by Crippen LogP contribution is 2.17. The average Bonchev–Trinajstić information content (AvgIpc) is 2.30. The number of azide groups is 1. The Morgan fingerprint density at radius 3 is 2.88 bits per heavy atom. The molecule has 0 radical (unpaired) electrons. The highest BCUT2D eigenvalue weighted by molar-refractivity contribution is 5.88.